The molecule has 2 aromatic rings. The summed E-state index contributed by atoms with van der Waals surface area (Å²) in [4.78, 5) is 11.6. The lowest BCUT2D eigenvalue weighted by Crippen LogP contribution is -2.19. The number of amides is 2. The van der Waals surface area contributed by atoms with Crippen molar-refractivity contribution >= 4 is 23.1 Å². The Balaban J connectivity index is 2.01. The van der Waals surface area contributed by atoms with E-state index < -0.39 is 11.8 Å². The minimum absolute atomic E-state index is 0.00693. The molecule has 18 heavy (non-hydrogen) atoms. The number of anilines is 3. The van der Waals surface area contributed by atoms with Gasteiger partial charge >= 0.3 is 6.03 Å². The zero-order valence-electron chi connectivity index (χ0n) is 9.48. The maximum Gasteiger partial charge on any atom is 0.323 e. The third-order valence-electron chi connectivity index (χ3n) is 2.29. The number of halogens is 1. The van der Waals surface area contributed by atoms with Crippen LogP contribution in [-0.4, -0.2) is 6.03 Å². The summed E-state index contributed by atoms with van der Waals surface area (Å²) in [6, 6.07) is 12.6. The monoisotopic (exact) mass is 245 g/mol. The summed E-state index contributed by atoms with van der Waals surface area (Å²) in [5.41, 5.74) is 6.50. The molecule has 0 spiro atoms. The molecule has 0 aromatic heterocycles. The number of benzene rings is 2. The topological polar surface area (TPSA) is 67.1 Å². The highest BCUT2D eigenvalue weighted by atomic mass is 19.1. The summed E-state index contributed by atoms with van der Waals surface area (Å²) in [6.07, 6.45) is 0. The van der Waals surface area contributed by atoms with Crippen LogP contribution in [0.2, 0.25) is 0 Å². The highest BCUT2D eigenvalue weighted by Gasteiger charge is 2.04. The van der Waals surface area contributed by atoms with E-state index in [9.17, 15) is 9.18 Å². The van der Waals surface area contributed by atoms with Crippen molar-refractivity contribution < 1.29 is 9.18 Å². The van der Waals surface area contributed by atoms with Gasteiger partial charge in [-0.1, -0.05) is 18.2 Å². The molecule has 2 rings (SSSR count). The average molecular weight is 245 g/mol. The SMILES string of the molecule is Nc1cc(NC(=O)Nc2ccccc2)ccc1F. The Morgan fingerprint density at radius 3 is 2.33 bits per heavy atom. The Bertz CT molecular complexity index is 557. The number of urea groups is 1. The second-order valence-corrected chi connectivity index (χ2v) is 3.68. The molecule has 0 aliphatic heterocycles. The molecule has 0 saturated carbocycles. The van der Waals surface area contributed by atoms with Gasteiger partial charge in [0.1, 0.15) is 5.82 Å². The molecule has 2 amide bonds. The summed E-state index contributed by atoms with van der Waals surface area (Å²) in [5, 5.41) is 5.20. The van der Waals surface area contributed by atoms with Crippen molar-refractivity contribution in [1.82, 2.24) is 0 Å². The average Bonchev–Trinajstić information content (AvgIpc) is 2.35. The van der Waals surface area contributed by atoms with Gasteiger partial charge in [-0.15, -0.1) is 0 Å². The molecule has 0 heterocycles. The van der Waals surface area contributed by atoms with E-state index >= 15 is 0 Å². The summed E-state index contributed by atoms with van der Waals surface area (Å²) >= 11 is 0. The van der Waals surface area contributed by atoms with Crippen molar-refractivity contribution in [1.29, 1.82) is 0 Å². The molecule has 0 fully saturated rings. The van der Waals surface area contributed by atoms with E-state index in [1.54, 1.807) is 12.1 Å². The van der Waals surface area contributed by atoms with E-state index in [1.807, 2.05) is 18.2 Å². The van der Waals surface area contributed by atoms with E-state index in [1.165, 1.54) is 18.2 Å². The Kier molecular flexibility index (Phi) is 3.43. The van der Waals surface area contributed by atoms with Crippen molar-refractivity contribution in [2.75, 3.05) is 16.4 Å². The van der Waals surface area contributed by atoms with Gasteiger partial charge in [-0.05, 0) is 30.3 Å². The number of nitrogens with one attached hydrogen (secondary N) is 2. The normalized spacial score (nSPS) is 9.83. The number of rotatable bonds is 2. The molecule has 0 saturated heterocycles. The first-order chi connectivity index (χ1) is 8.65. The number of carbonyl (C=O) groups excluding carboxylic acids is 1. The smallest absolute Gasteiger partial charge is 0.323 e. The summed E-state index contributed by atoms with van der Waals surface area (Å²) in [6.45, 7) is 0. The lowest BCUT2D eigenvalue weighted by atomic mass is 10.2. The minimum atomic E-state index is -0.510. The minimum Gasteiger partial charge on any atom is -0.396 e. The van der Waals surface area contributed by atoms with Crippen molar-refractivity contribution in [3.8, 4) is 0 Å². The van der Waals surface area contributed by atoms with E-state index in [0.717, 1.165) is 0 Å². The fourth-order valence-corrected chi connectivity index (χ4v) is 1.44. The molecule has 2 aromatic carbocycles. The lowest BCUT2D eigenvalue weighted by molar-refractivity contribution is 0.262. The van der Waals surface area contributed by atoms with Crippen LogP contribution in [0.1, 0.15) is 0 Å². The molecule has 0 unspecified atom stereocenters. The van der Waals surface area contributed by atoms with Crippen LogP contribution in [0.5, 0.6) is 0 Å². The predicted octanol–water partition coefficient (Wildman–Crippen LogP) is 3.05. The fourth-order valence-electron chi connectivity index (χ4n) is 1.44. The van der Waals surface area contributed by atoms with Gasteiger partial charge < -0.3 is 16.4 Å². The van der Waals surface area contributed by atoms with Crippen molar-refractivity contribution in [3.05, 3.63) is 54.3 Å². The molecular formula is C13H12FN3O. The van der Waals surface area contributed by atoms with E-state index in [0.29, 0.717) is 11.4 Å². The second-order valence-electron chi connectivity index (χ2n) is 3.68. The largest absolute Gasteiger partial charge is 0.396 e. The van der Waals surface area contributed by atoms with Gasteiger partial charge in [0.25, 0.3) is 0 Å². The van der Waals surface area contributed by atoms with Gasteiger partial charge in [0, 0.05) is 11.4 Å². The Morgan fingerprint density at radius 1 is 1.00 bits per heavy atom. The number of carbonyl (C=O) groups is 1. The third-order valence-corrected chi connectivity index (χ3v) is 2.29. The maximum atomic E-state index is 12.9. The van der Waals surface area contributed by atoms with Crippen LogP contribution in [-0.2, 0) is 0 Å². The molecular weight excluding hydrogens is 233 g/mol. The zero-order valence-corrected chi connectivity index (χ0v) is 9.48. The molecule has 0 atom stereocenters. The Labute approximate surface area is 104 Å². The summed E-state index contributed by atoms with van der Waals surface area (Å²) in [7, 11) is 0. The van der Waals surface area contributed by atoms with Crippen molar-refractivity contribution in [2.24, 2.45) is 0 Å². The molecule has 0 aliphatic rings. The molecule has 0 bridgehead atoms. The quantitative estimate of drug-likeness (QED) is 0.712. The number of nitrogens with two attached hydrogens (primary N) is 1. The first-order valence-electron chi connectivity index (χ1n) is 5.33. The van der Waals surface area contributed by atoms with Crippen molar-refractivity contribution in [3.63, 3.8) is 0 Å². The fraction of sp³-hybridized carbons (Fsp3) is 0. The predicted molar refractivity (Wildman–Crippen MR) is 69.9 cm³/mol. The van der Waals surface area contributed by atoms with Crippen LogP contribution >= 0.6 is 0 Å². The van der Waals surface area contributed by atoms with Crippen LogP contribution in [0.3, 0.4) is 0 Å². The summed E-state index contributed by atoms with van der Waals surface area (Å²) < 4.78 is 12.9. The first kappa shape index (κ1) is 11.9. The van der Waals surface area contributed by atoms with Crippen LogP contribution in [0.4, 0.5) is 26.2 Å². The van der Waals surface area contributed by atoms with Crippen LogP contribution < -0.4 is 16.4 Å². The van der Waals surface area contributed by atoms with Crippen LogP contribution in [0.25, 0.3) is 0 Å². The number of hydrogen-bond donors (Lipinski definition) is 3. The van der Waals surface area contributed by atoms with Gasteiger partial charge in [-0.25, -0.2) is 9.18 Å². The van der Waals surface area contributed by atoms with Gasteiger partial charge in [0.15, 0.2) is 0 Å². The van der Waals surface area contributed by atoms with Crippen LogP contribution in [0, 0.1) is 5.82 Å². The van der Waals surface area contributed by atoms with E-state index in [4.69, 9.17) is 5.73 Å². The maximum absolute atomic E-state index is 12.9. The van der Waals surface area contributed by atoms with Crippen molar-refractivity contribution in [2.45, 2.75) is 0 Å². The number of para-hydroxylation sites is 1. The molecule has 0 aliphatic carbocycles. The van der Waals surface area contributed by atoms with Gasteiger partial charge in [-0.2, -0.15) is 0 Å². The molecule has 5 heteroatoms. The lowest BCUT2D eigenvalue weighted by Gasteiger charge is -2.08. The Hall–Kier alpha value is -2.56. The first-order valence-corrected chi connectivity index (χ1v) is 5.33. The van der Waals surface area contributed by atoms with Gasteiger partial charge in [0.05, 0.1) is 5.69 Å². The second kappa shape index (κ2) is 5.18. The Morgan fingerprint density at radius 2 is 1.67 bits per heavy atom. The van der Waals surface area contributed by atoms with E-state index in [2.05, 4.69) is 10.6 Å². The molecule has 92 valence electrons. The van der Waals surface area contributed by atoms with Gasteiger partial charge in [-0.3, -0.25) is 0 Å². The molecule has 4 N–H and O–H groups in total. The molecule has 4 nitrogen and oxygen atoms in total. The van der Waals surface area contributed by atoms with Gasteiger partial charge in [0.2, 0.25) is 0 Å². The summed E-state index contributed by atoms with van der Waals surface area (Å²) in [5.74, 6) is -0.510. The third kappa shape index (κ3) is 2.98. The highest BCUT2D eigenvalue weighted by molar-refractivity contribution is 5.99. The standard InChI is InChI=1S/C13H12FN3O/c14-11-7-6-10(8-12(11)15)17-13(18)16-9-4-2-1-3-5-9/h1-8H,15H2,(H2,16,17,18). The van der Waals surface area contributed by atoms with Crippen LogP contribution in [0.15, 0.2) is 48.5 Å². The highest BCUT2D eigenvalue weighted by Crippen LogP contribution is 2.16. The van der Waals surface area contributed by atoms with E-state index in [-0.39, 0.29) is 5.69 Å². The molecule has 0 radical (unpaired) electrons. The number of hydrogen-bond acceptors (Lipinski definition) is 2. The number of nitrogen functional groups attached to an aromatic ring is 1. The zero-order chi connectivity index (χ0) is 13.0.